The van der Waals surface area contributed by atoms with Crippen molar-refractivity contribution in [1.29, 1.82) is 0 Å². The number of nitrogens with zero attached hydrogens (tertiary/aromatic N) is 1. The van der Waals surface area contributed by atoms with Crippen molar-refractivity contribution in [3.63, 3.8) is 0 Å². The molecule has 0 unspecified atom stereocenters. The van der Waals surface area contributed by atoms with Gasteiger partial charge in [-0.2, -0.15) is 5.10 Å². The largest absolute Gasteiger partial charge is 0.273 e. The fraction of sp³-hybridized carbons (Fsp3) is 0.619. The molecule has 0 radical (unpaired) electrons. The minimum Gasteiger partial charge on any atom is -0.273 e. The van der Waals surface area contributed by atoms with Crippen LogP contribution in [-0.2, 0) is 4.79 Å². The van der Waals surface area contributed by atoms with Crippen molar-refractivity contribution in [3.05, 3.63) is 35.4 Å². The van der Waals surface area contributed by atoms with Crippen molar-refractivity contribution in [2.75, 3.05) is 0 Å². The SMILES string of the molecule is C/C(=N/NC(=O)C1CCCCC1)c1ccc(C2CCCCC2)cc1. The maximum absolute atomic E-state index is 12.2. The summed E-state index contributed by atoms with van der Waals surface area (Å²) in [5, 5.41) is 4.33. The van der Waals surface area contributed by atoms with E-state index in [0.717, 1.165) is 30.0 Å². The Morgan fingerprint density at radius 1 is 0.917 bits per heavy atom. The van der Waals surface area contributed by atoms with Crippen molar-refractivity contribution >= 4 is 11.6 Å². The zero-order chi connectivity index (χ0) is 16.8. The van der Waals surface area contributed by atoms with Gasteiger partial charge < -0.3 is 0 Å². The van der Waals surface area contributed by atoms with E-state index in [2.05, 4.69) is 34.8 Å². The van der Waals surface area contributed by atoms with Crippen molar-refractivity contribution in [2.45, 2.75) is 77.0 Å². The summed E-state index contributed by atoms with van der Waals surface area (Å²) in [5.74, 6) is 0.980. The summed E-state index contributed by atoms with van der Waals surface area (Å²) in [7, 11) is 0. The Morgan fingerprint density at radius 2 is 1.50 bits per heavy atom. The molecule has 1 aromatic rings. The summed E-state index contributed by atoms with van der Waals surface area (Å²) in [5.41, 5.74) is 6.21. The van der Waals surface area contributed by atoms with E-state index < -0.39 is 0 Å². The number of amides is 1. The lowest BCUT2D eigenvalue weighted by atomic mass is 9.84. The van der Waals surface area contributed by atoms with Gasteiger partial charge in [-0.3, -0.25) is 4.79 Å². The average Bonchev–Trinajstić information content (AvgIpc) is 2.67. The van der Waals surface area contributed by atoms with E-state index in [1.165, 1.54) is 56.9 Å². The Labute approximate surface area is 145 Å². The van der Waals surface area contributed by atoms with Crippen LogP contribution in [0.25, 0.3) is 0 Å². The lowest BCUT2D eigenvalue weighted by molar-refractivity contribution is -0.125. The number of carbonyl (C=O) groups excluding carboxylic acids is 1. The molecule has 1 aromatic carbocycles. The van der Waals surface area contributed by atoms with Crippen molar-refractivity contribution in [1.82, 2.24) is 5.43 Å². The molecule has 0 saturated heterocycles. The van der Waals surface area contributed by atoms with Gasteiger partial charge in [0.15, 0.2) is 0 Å². The topological polar surface area (TPSA) is 41.5 Å². The Bertz CT molecular complexity index is 564. The Morgan fingerprint density at radius 3 is 2.12 bits per heavy atom. The molecule has 2 aliphatic carbocycles. The van der Waals surface area contributed by atoms with Gasteiger partial charge in [-0.1, -0.05) is 62.8 Å². The maximum Gasteiger partial charge on any atom is 0.243 e. The third-order valence-electron chi connectivity index (χ3n) is 5.71. The third kappa shape index (κ3) is 4.46. The second kappa shape index (κ2) is 8.46. The maximum atomic E-state index is 12.2. The zero-order valence-electron chi connectivity index (χ0n) is 14.9. The molecule has 3 heteroatoms. The zero-order valence-corrected chi connectivity index (χ0v) is 14.9. The normalized spacial score (nSPS) is 20.8. The Hall–Kier alpha value is -1.64. The lowest BCUT2D eigenvalue weighted by Gasteiger charge is -2.22. The molecule has 0 atom stereocenters. The fourth-order valence-corrected chi connectivity index (χ4v) is 4.09. The minimum absolute atomic E-state index is 0.0906. The average molecular weight is 326 g/mol. The monoisotopic (exact) mass is 326 g/mol. The summed E-state index contributed by atoms with van der Waals surface area (Å²) < 4.78 is 0. The minimum atomic E-state index is 0.0906. The second-order valence-corrected chi connectivity index (χ2v) is 7.47. The molecular formula is C21H30N2O. The quantitative estimate of drug-likeness (QED) is 0.603. The molecule has 1 amide bonds. The van der Waals surface area contributed by atoms with E-state index in [0.29, 0.717) is 0 Å². The predicted octanol–water partition coefficient (Wildman–Crippen LogP) is 5.15. The van der Waals surface area contributed by atoms with E-state index in [4.69, 9.17) is 0 Å². The fourth-order valence-electron chi connectivity index (χ4n) is 4.09. The van der Waals surface area contributed by atoms with E-state index in [9.17, 15) is 4.79 Å². The van der Waals surface area contributed by atoms with Gasteiger partial charge in [0.05, 0.1) is 5.71 Å². The van der Waals surface area contributed by atoms with Gasteiger partial charge in [-0.05, 0) is 49.7 Å². The van der Waals surface area contributed by atoms with Crippen LogP contribution in [0.3, 0.4) is 0 Å². The molecule has 130 valence electrons. The Balaban J connectivity index is 1.57. The highest BCUT2D eigenvalue weighted by molar-refractivity contribution is 5.99. The molecule has 0 bridgehead atoms. The summed E-state index contributed by atoms with van der Waals surface area (Å²) in [6, 6.07) is 8.78. The molecule has 2 saturated carbocycles. The smallest absolute Gasteiger partial charge is 0.243 e. The number of carbonyl (C=O) groups is 1. The molecule has 3 rings (SSSR count). The van der Waals surface area contributed by atoms with Gasteiger partial charge in [0.1, 0.15) is 0 Å². The molecule has 0 aliphatic heterocycles. The number of hydrazone groups is 1. The molecule has 0 spiro atoms. The van der Waals surface area contributed by atoms with Gasteiger partial charge in [0.2, 0.25) is 5.91 Å². The van der Waals surface area contributed by atoms with Crippen LogP contribution in [-0.4, -0.2) is 11.6 Å². The van der Waals surface area contributed by atoms with Crippen LogP contribution in [0.1, 0.15) is 88.2 Å². The number of benzene rings is 1. The first-order chi connectivity index (χ1) is 11.7. The highest BCUT2D eigenvalue weighted by Gasteiger charge is 2.20. The number of hydrogen-bond donors (Lipinski definition) is 1. The lowest BCUT2D eigenvalue weighted by Crippen LogP contribution is -2.29. The first-order valence-corrected chi connectivity index (χ1v) is 9.68. The molecule has 1 N–H and O–H groups in total. The van der Waals surface area contributed by atoms with Crippen LogP contribution in [0.2, 0.25) is 0 Å². The summed E-state index contributed by atoms with van der Waals surface area (Å²) in [6.45, 7) is 1.97. The van der Waals surface area contributed by atoms with Crippen molar-refractivity contribution in [3.8, 4) is 0 Å². The van der Waals surface area contributed by atoms with Crippen LogP contribution in [0.4, 0.5) is 0 Å². The standard InChI is InChI=1S/C21H30N2O/c1-16(22-23-21(24)20-10-6-3-7-11-20)17-12-14-19(15-13-17)18-8-4-2-5-9-18/h12-15,18,20H,2-11H2,1H3,(H,23,24)/b22-16-. The van der Waals surface area contributed by atoms with Crippen LogP contribution in [0.5, 0.6) is 0 Å². The van der Waals surface area contributed by atoms with Gasteiger partial charge in [-0.25, -0.2) is 5.43 Å². The summed E-state index contributed by atoms with van der Waals surface area (Å²) >= 11 is 0. The third-order valence-corrected chi connectivity index (χ3v) is 5.71. The van der Waals surface area contributed by atoms with Crippen molar-refractivity contribution < 1.29 is 4.79 Å². The van der Waals surface area contributed by atoms with Gasteiger partial charge >= 0.3 is 0 Å². The van der Waals surface area contributed by atoms with Crippen LogP contribution in [0.15, 0.2) is 29.4 Å². The van der Waals surface area contributed by atoms with Crippen molar-refractivity contribution in [2.24, 2.45) is 11.0 Å². The number of hydrogen-bond acceptors (Lipinski definition) is 2. The molecule has 2 fully saturated rings. The van der Waals surface area contributed by atoms with Gasteiger partial charge in [0, 0.05) is 5.92 Å². The summed E-state index contributed by atoms with van der Waals surface area (Å²) in [4.78, 5) is 12.2. The van der Waals surface area contributed by atoms with E-state index in [1.807, 2.05) is 6.92 Å². The van der Waals surface area contributed by atoms with E-state index in [-0.39, 0.29) is 11.8 Å². The van der Waals surface area contributed by atoms with Crippen LogP contribution >= 0.6 is 0 Å². The highest BCUT2D eigenvalue weighted by Crippen LogP contribution is 2.32. The number of nitrogens with one attached hydrogen (secondary N) is 1. The highest BCUT2D eigenvalue weighted by atomic mass is 16.2. The molecule has 0 aromatic heterocycles. The first kappa shape index (κ1) is 17.2. The second-order valence-electron chi connectivity index (χ2n) is 7.47. The Kier molecular flexibility index (Phi) is 6.06. The predicted molar refractivity (Wildman–Crippen MR) is 99.2 cm³/mol. The van der Waals surface area contributed by atoms with Crippen LogP contribution < -0.4 is 5.43 Å². The first-order valence-electron chi connectivity index (χ1n) is 9.68. The van der Waals surface area contributed by atoms with E-state index >= 15 is 0 Å². The number of rotatable bonds is 4. The molecule has 3 nitrogen and oxygen atoms in total. The summed E-state index contributed by atoms with van der Waals surface area (Å²) in [6.07, 6.45) is 12.4. The van der Waals surface area contributed by atoms with Gasteiger partial charge in [-0.15, -0.1) is 0 Å². The molecular weight excluding hydrogens is 296 g/mol. The molecule has 0 heterocycles. The molecule has 2 aliphatic rings. The van der Waals surface area contributed by atoms with Gasteiger partial charge in [0.25, 0.3) is 0 Å². The van der Waals surface area contributed by atoms with Crippen LogP contribution in [0, 0.1) is 5.92 Å². The van der Waals surface area contributed by atoms with E-state index in [1.54, 1.807) is 0 Å². The molecule has 24 heavy (non-hydrogen) atoms.